The maximum Gasteiger partial charge on any atom is 0.358 e. The van der Waals surface area contributed by atoms with Crippen LogP contribution in [0.4, 0.5) is 10.1 Å². The second-order valence-electron chi connectivity index (χ2n) is 5.59. The molecule has 0 radical (unpaired) electrons. The van der Waals surface area contributed by atoms with Gasteiger partial charge in [-0.25, -0.2) is 14.2 Å². The number of halogens is 1. The molecule has 5 nitrogen and oxygen atoms in total. The van der Waals surface area contributed by atoms with Crippen molar-refractivity contribution in [1.82, 2.24) is 4.98 Å². The quantitative estimate of drug-likeness (QED) is 0.599. The van der Waals surface area contributed by atoms with E-state index in [2.05, 4.69) is 4.98 Å². The van der Waals surface area contributed by atoms with Crippen molar-refractivity contribution in [3.05, 3.63) is 71.5 Å². The lowest BCUT2D eigenvalue weighted by atomic mass is 10.2. The van der Waals surface area contributed by atoms with Crippen LogP contribution in [-0.2, 0) is 9.53 Å². The van der Waals surface area contributed by atoms with Gasteiger partial charge in [-0.1, -0.05) is 30.3 Å². The third-order valence-corrected chi connectivity index (χ3v) is 4.71. The predicted molar refractivity (Wildman–Crippen MR) is 102 cm³/mol. The zero-order valence-electron chi connectivity index (χ0n) is 14.6. The van der Waals surface area contributed by atoms with Crippen LogP contribution in [0, 0.1) is 5.82 Å². The van der Waals surface area contributed by atoms with Gasteiger partial charge in [0.25, 0.3) is 5.91 Å². The van der Waals surface area contributed by atoms with Crippen molar-refractivity contribution in [2.75, 3.05) is 18.1 Å². The van der Waals surface area contributed by atoms with E-state index in [4.69, 9.17) is 4.74 Å². The van der Waals surface area contributed by atoms with Crippen LogP contribution in [0.3, 0.4) is 0 Å². The Labute approximate surface area is 160 Å². The van der Waals surface area contributed by atoms with E-state index < -0.39 is 18.5 Å². The minimum atomic E-state index is -0.656. The molecule has 1 aromatic heterocycles. The SMILES string of the molecule is CCN(C(=O)COC(=O)c1csc(-c2ccccc2)n1)c1ccc(F)cc1. The minimum absolute atomic E-state index is 0.163. The minimum Gasteiger partial charge on any atom is -0.451 e. The molecule has 0 N–H and O–H groups in total. The van der Waals surface area contributed by atoms with Crippen LogP contribution in [-0.4, -0.2) is 30.0 Å². The van der Waals surface area contributed by atoms with Gasteiger partial charge < -0.3 is 9.64 Å². The molecule has 7 heteroatoms. The van der Waals surface area contributed by atoms with Crippen molar-refractivity contribution in [3.8, 4) is 10.6 Å². The molecule has 0 saturated carbocycles. The zero-order chi connectivity index (χ0) is 19.2. The molecule has 1 amide bonds. The predicted octanol–water partition coefficient (Wildman–Crippen LogP) is 4.16. The van der Waals surface area contributed by atoms with Gasteiger partial charge in [0.05, 0.1) is 0 Å². The molecule has 0 spiro atoms. The average Bonchev–Trinajstić information content (AvgIpc) is 3.19. The van der Waals surface area contributed by atoms with Gasteiger partial charge in [0.1, 0.15) is 10.8 Å². The summed E-state index contributed by atoms with van der Waals surface area (Å²) in [5.74, 6) is -1.43. The Balaban J connectivity index is 1.62. The van der Waals surface area contributed by atoms with Gasteiger partial charge in [-0.05, 0) is 31.2 Å². The molecule has 2 aromatic carbocycles. The number of anilines is 1. The van der Waals surface area contributed by atoms with Gasteiger partial charge in [-0.15, -0.1) is 11.3 Å². The number of likely N-dealkylation sites (N-methyl/N-ethyl adjacent to an activating group) is 1. The first-order valence-corrected chi connectivity index (χ1v) is 9.20. The van der Waals surface area contributed by atoms with E-state index >= 15 is 0 Å². The molecule has 27 heavy (non-hydrogen) atoms. The summed E-state index contributed by atoms with van der Waals surface area (Å²) in [6.45, 7) is 1.74. The van der Waals surface area contributed by atoms with Gasteiger partial charge in [-0.2, -0.15) is 0 Å². The van der Waals surface area contributed by atoms with Crippen molar-refractivity contribution in [2.24, 2.45) is 0 Å². The Bertz CT molecular complexity index is 926. The van der Waals surface area contributed by atoms with E-state index in [1.807, 2.05) is 30.3 Å². The molecule has 0 aliphatic rings. The number of rotatable bonds is 6. The van der Waals surface area contributed by atoms with E-state index in [1.54, 1.807) is 12.3 Å². The summed E-state index contributed by atoms with van der Waals surface area (Å²) in [7, 11) is 0. The molecule has 0 fully saturated rings. The number of carbonyl (C=O) groups excluding carboxylic acids is 2. The Morgan fingerprint density at radius 1 is 1.11 bits per heavy atom. The summed E-state index contributed by atoms with van der Waals surface area (Å²) in [4.78, 5) is 30.2. The highest BCUT2D eigenvalue weighted by Gasteiger charge is 2.18. The third kappa shape index (κ3) is 4.57. The molecule has 0 aliphatic heterocycles. The van der Waals surface area contributed by atoms with Crippen molar-refractivity contribution in [3.63, 3.8) is 0 Å². The molecule has 3 rings (SSSR count). The molecule has 0 bridgehead atoms. The standard InChI is InChI=1S/C20H17FN2O3S/c1-2-23(16-10-8-15(21)9-11-16)18(24)12-26-20(25)17-13-27-19(22-17)14-6-4-3-5-7-14/h3-11,13H,2,12H2,1H3. The second kappa shape index (κ2) is 8.55. The molecule has 0 aliphatic carbocycles. The number of hydrogen-bond acceptors (Lipinski definition) is 5. The first-order valence-electron chi connectivity index (χ1n) is 8.32. The van der Waals surface area contributed by atoms with Crippen LogP contribution in [0.15, 0.2) is 60.0 Å². The summed E-state index contributed by atoms with van der Waals surface area (Å²) in [5.41, 5.74) is 1.61. The largest absolute Gasteiger partial charge is 0.451 e. The molecule has 138 valence electrons. The zero-order valence-corrected chi connectivity index (χ0v) is 15.4. The maximum atomic E-state index is 13.0. The van der Waals surface area contributed by atoms with Gasteiger partial charge >= 0.3 is 5.97 Å². The highest BCUT2D eigenvalue weighted by atomic mass is 32.1. The lowest BCUT2D eigenvalue weighted by molar-refractivity contribution is -0.121. The van der Waals surface area contributed by atoms with Gasteiger partial charge in [0.2, 0.25) is 0 Å². The molecule has 0 unspecified atom stereocenters. The number of thiazole rings is 1. The molecule has 0 saturated heterocycles. The fraction of sp³-hybridized carbons (Fsp3) is 0.150. The van der Waals surface area contributed by atoms with Crippen LogP contribution in [0.2, 0.25) is 0 Å². The molecule has 3 aromatic rings. The first-order chi connectivity index (χ1) is 13.1. The molecular weight excluding hydrogens is 367 g/mol. The van der Waals surface area contributed by atoms with Crippen LogP contribution < -0.4 is 4.90 Å². The summed E-state index contributed by atoms with van der Waals surface area (Å²) >= 11 is 1.33. The van der Waals surface area contributed by atoms with E-state index in [1.165, 1.54) is 40.5 Å². The molecule has 1 heterocycles. The van der Waals surface area contributed by atoms with Crippen molar-refractivity contribution in [1.29, 1.82) is 0 Å². The molecule has 0 atom stereocenters. The number of hydrogen-bond donors (Lipinski definition) is 0. The summed E-state index contributed by atoms with van der Waals surface area (Å²) in [6.07, 6.45) is 0. The highest BCUT2D eigenvalue weighted by molar-refractivity contribution is 7.13. The van der Waals surface area contributed by atoms with Crippen molar-refractivity contribution < 1.29 is 18.7 Å². The van der Waals surface area contributed by atoms with E-state index in [0.29, 0.717) is 17.2 Å². The van der Waals surface area contributed by atoms with E-state index in [0.717, 1.165) is 5.56 Å². The number of carbonyl (C=O) groups is 2. The topological polar surface area (TPSA) is 59.5 Å². The van der Waals surface area contributed by atoms with Gasteiger partial charge in [0.15, 0.2) is 12.3 Å². The number of benzene rings is 2. The molecular formula is C20H17FN2O3S. The van der Waals surface area contributed by atoms with E-state index in [9.17, 15) is 14.0 Å². The van der Waals surface area contributed by atoms with Crippen LogP contribution in [0.25, 0.3) is 10.6 Å². The maximum absolute atomic E-state index is 13.0. The Kier molecular flexibility index (Phi) is 5.93. The fourth-order valence-corrected chi connectivity index (χ4v) is 3.28. The first kappa shape index (κ1) is 18.7. The monoisotopic (exact) mass is 384 g/mol. The number of nitrogens with zero attached hydrogens (tertiary/aromatic N) is 2. The number of ether oxygens (including phenoxy) is 1. The third-order valence-electron chi connectivity index (χ3n) is 3.82. The lowest BCUT2D eigenvalue weighted by Gasteiger charge is -2.20. The van der Waals surface area contributed by atoms with Crippen LogP contribution in [0.5, 0.6) is 0 Å². The highest BCUT2D eigenvalue weighted by Crippen LogP contribution is 2.23. The van der Waals surface area contributed by atoms with Crippen LogP contribution >= 0.6 is 11.3 Å². The summed E-state index contributed by atoms with van der Waals surface area (Å²) < 4.78 is 18.1. The van der Waals surface area contributed by atoms with Gasteiger partial charge in [0, 0.05) is 23.2 Å². The lowest BCUT2D eigenvalue weighted by Crippen LogP contribution is -2.34. The Morgan fingerprint density at radius 3 is 2.48 bits per heavy atom. The number of aromatic nitrogens is 1. The van der Waals surface area contributed by atoms with E-state index in [-0.39, 0.29) is 11.5 Å². The second-order valence-corrected chi connectivity index (χ2v) is 6.45. The Morgan fingerprint density at radius 2 is 1.81 bits per heavy atom. The van der Waals surface area contributed by atoms with Gasteiger partial charge in [-0.3, -0.25) is 4.79 Å². The summed E-state index contributed by atoms with van der Waals surface area (Å²) in [6, 6.07) is 15.0. The number of amides is 1. The normalized spacial score (nSPS) is 10.4. The Hall–Kier alpha value is -3.06. The summed E-state index contributed by atoms with van der Waals surface area (Å²) in [5, 5.41) is 2.31. The fourth-order valence-electron chi connectivity index (χ4n) is 2.48. The number of esters is 1. The average molecular weight is 384 g/mol. The van der Waals surface area contributed by atoms with Crippen molar-refractivity contribution in [2.45, 2.75) is 6.92 Å². The van der Waals surface area contributed by atoms with Crippen molar-refractivity contribution >= 4 is 28.9 Å². The smallest absolute Gasteiger partial charge is 0.358 e. The van der Waals surface area contributed by atoms with Crippen LogP contribution in [0.1, 0.15) is 17.4 Å².